The van der Waals surface area contributed by atoms with E-state index in [9.17, 15) is 17.6 Å². The van der Waals surface area contributed by atoms with Crippen molar-refractivity contribution < 1.29 is 27.1 Å². The van der Waals surface area contributed by atoms with E-state index in [1.165, 1.54) is 25.4 Å². The molecule has 0 radical (unpaired) electrons. The molecule has 2 aliphatic heterocycles. The van der Waals surface area contributed by atoms with Gasteiger partial charge in [-0.15, -0.1) is 0 Å². The number of ether oxygens (including phenoxy) is 2. The maximum absolute atomic E-state index is 14.4. The molecule has 2 aromatic heterocycles. The van der Waals surface area contributed by atoms with Crippen LogP contribution >= 0.6 is 0 Å². The predicted molar refractivity (Wildman–Crippen MR) is 140 cm³/mol. The number of nitrogens with zero attached hydrogens (tertiary/aromatic N) is 4. The number of anilines is 1. The highest BCUT2D eigenvalue weighted by Gasteiger charge is 2.31. The fourth-order valence-electron chi connectivity index (χ4n) is 5.06. The summed E-state index contributed by atoms with van der Waals surface area (Å²) in [5, 5.41) is 0. The van der Waals surface area contributed by atoms with E-state index in [-0.39, 0.29) is 30.2 Å². The van der Waals surface area contributed by atoms with Gasteiger partial charge in [0.1, 0.15) is 29.0 Å². The van der Waals surface area contributed by atoms with Crippen molar-refractivity contribution in [2.45, 2.75) is 44.8 Å². The van der Waals surface area contributed by atoms with Gasteiger partial charge in [-0.2, -0.15) is 12.7 Å². The molecule has 2 aliphatic rings. The lowest BCUT2D eigenvalue weighted by Crippen LogP contribution is -2.42. The largest absolute Gasteiger partial charge is 0.488 e. The Morgan fingerprint density at radius 2 is 2.13 bits per heavy atom. The van der Waals surface area contributed by atoms with E-state index in [4.69, 9.17) is 9.47 Å². The molecule has 1 amide bonds. The molecule has 2 unspecified atom stereocenters. The van der Waals surface area contributed by atoms with Gasteiger partial charge in [0.2, 0.25) is 0 Å². The van der Waals surface area contributed by atoms with Crippen molar-refractivity contribution in [3.8, 4) is 5.75 Å². The molecule has 0 aliphatic carbocycles. The SMILES string of the molecule is CCCN(C)S(=O)(=O)NC(=O)c1cnc2ccc(N3CCCC3c3cc(F)ccc3OC3CCOC3)cn12. The van der Waals surface area contributed by atoms with Crippen molar-refractivity contribution in [2.24, 2.45) is 0 Å². The highest BCUT2D eigenvalue weighted by Crippen LogP contribution is 2.41. The quantitative estimate of drug-likeness (QED) is 0.440. The second-order valence-electron chi connectivity index (χ2n) is 9.65. The Balaban J connectivity index is 1.44. The standard InChI is InChI=1S/C26H32FN5O5S/c1-3-11-30(2)38(34,35)29-26(33)23-15-28-25-9-7-19(16-32(23)25)31-12-4-5-22(31)21-14-18(27)6-8-24(21)37-20-10-13-36-17-20/h6-9,14-16,20,22H,3-5,10-13,17H2,1-2H3,(H,29,33). The summed E-state index contributed by atoms with van der Waals surface area (Å²) in [6, 6.07) is 8.15. The molecule has 3 aromatic rings. The van der Waals surface area contributed by atoms with E-state index >= 15 is 0 Å². The summed E-state index contributed by atoms with van der Waals surface area (Å²) in [7, 11) is -2.56. The second-order valence-corrected chi connectivity index (χ2v) is 11.4. The van der Waals surface area contributed by atoms with Crippen LogP contribution in [-0.4, -0.2) is 67.5 Å². The first-order valence-corrected chi connectivity index (χ1v) is 14.3. The minimum Gasteiger partial charge on any atom is -0.488 e. The average molecular weight is 546 g/mol. The topological polar surface area (TPSA) is 105 Å². The Kier molecular flexibility index (Phi) is 7.55. The maximum atomic E-state index is 14.4. The number of hydrogen-bond donors (Lipinski definition) is 1. The summed E-state index contributed by atoms with van der Waals surface area (Å²) in [5.41, 5.74) is 2.17. The molecular formula is C26H32FN5O5S. The van der Waals surface area contributed by atoms with Crippen molar-refractivity contribution in [3.05, 3.63) is 59.8 Å². The molecule has 2 saturated heterocycles. The molecule has 1 aromatic carbocycles. The van der Waals surface area contributed by atoms with E-state index in [1.807, 2.05) is 13.0 Å². The number of fused-ring (bicyclic) bond motifs is 1. The van der Waals surface area contributed by atoms with Gasteiger partial charge in [-0.25, -0.2) is 14.1 Å². The minimum absolute atomic E-state index is 0.0647. The zero-order chi connectivity index (χ0) is 26.9. The first kappa shape index (κ1) is 26.4. The van der Waals surface area contributed by atoms with Crippen LogP contribution in [0.15, 0.2) is 42.7 Å². The number of halogens is 1. The molecule has 2 fully saturated rings. The number of hydrogen-bond acceptors (Lipinski definition) is 7. The van der Waals surface area contributed by atoms with E-state index < -0.39 is 16.1 Å². The van der Waals surface area contributed by atoms with Crippen LogP contribution in [0.2, 0.25) is 0 Å². The third kappa shape index (κ3) is 5.33. The van der Waals surface area contributed by atoms with Crippen molar-refractivity contribution in [1.29, 1.82) is 0 Å². The first-order chi connectivity index (χ1) is 18.3. The van der Waals surface area contributed by atoms with Gasteiger partial charge < -0.3 is 14.4 Å². The molecule has 1 N–H and O–H groups in total. The van der Waals surface area contributed by atoms with Crippen molar-refractivity contribution in [3.63, 3.8) is 0 Å². The Labute approximate surface area is 221 Å². The van der Waals surface area contributed by atoms with Crippen LogP contribution in [0.1, 0.15) is 54.7 Å². The molecule has 204 valence electrons. The van der Waals surface area contributed by atoms with Crippen LogP contribution in [0.3, 0.4) is 0 Å². The first-order valence-electron chi connectivity index (χ1n) is 12.8. The number of carbonyl (C=O) groups is 1. The molecule has 0 spiro atoms. The number of benzene rings is 1. The van der Waals surface area contributed by atoms with Crippen molar-refractivity contribution in [2.75, 3.05) is 38.3 Å². The fraction of sp³-hybridized carbons (Fsp3) is 0.462. The summed E-state index contributed by atoms with van der Waals surface area (Å²) < 4.78 is 55.9. The van der Waals surface area contributed by atoms with Crippen molar-refractivity contribution in [1.82, 2.24) is 18.4 Å². The van der Waals surface area contributed by atoms with E-state index in [1.54, 1.807) is 22.7 Å². The molecule has 10 nitrogen and oxygen atoms in total. The van der Waals surface area contributed by atoms with Gasteiger partial charge in [-0.1, -0.05) is 6.92 Å². The Bertz CT molecular complexity index is 1420. The van der Waals surface area contributed by atoms with Crippen LogP contribution < -0.4 is 14.4 Å². The normalized spacial score (nSPS) is 19.9. The molecule has 5 rings (SSSR count). The van der Waals surface area contributed by atoms with Gasteiger partial charge in [-0.05, 0) is 49.6 Å². The Morgan fingerprint density at radius 3 is 2.89 bits per heavy atom. The van der Waals surface area contributed by atoms with Crippen LogP contribution in [0, 0.1) is 5.82 Å². The lowest BCUT2D eigenvalue weighted by Gasteiger charge is -2.29. The lowest BCUT2D eigenvalue weighted by molar-refractivity contribution is 0.0973. The van der Waals surface area contributed by atoms with E-state index in [0.717, 1.165) is 41.4 Å². The molecule has 4 heterocycles. The zero-order valence-electron chi connectivity index (χ0n) is 21.5. The average Bonchev–Trinajstić information content (AvgIpc) is 3.65. The highest BCUT2D eigenvalue weighted by atomic mass is 32.2. The fourth-order valence-corrected chi connectivity index (χ4v) is 5.98. The Morgan fingerprint density at radius 1 is 1.29 bits per heavy atom. The molecule has 38 heavy (non-hydrogen) atoms. The predicted octanol–water partition coefficient (Wildman–Crippen LogP) is 3.30. The van der Waals surface area contributed by atoms with E-state index in [2.05, 4.69) is 14.6 Å². The van der Waals surface area contributed by atoms with Crippen LogP contribution in [0.5, 0.6) is 5.75 Å². The van der Waals surface area contributed by atoms with Gasteiger partial charge >= 0.3 is 10.2 Å². The number of nitrogens with one attached hydrogen (secondary N) is 1. The Hall–Kier alpha value is -3.22. The number of amides is 1. The van der Waals surface area contributed by atoms with Gasteiger partial charge in [0.05, 0.1) is 31.1 Å². The van der Waals surface area contributed by atoms with Crippen LogP contribution in [-0.2, 0) is 14.9 Å². The minimum atomic E-state index is -3.98. The second kappa shape index (κ2) is 10.9. The van der Waals surface area contributed by atoms with Crippen molar-refractivity contribution >= 4 is 27.5 Å². The maximum Gasteiger partial charge on any atom is 0.303 e. The molecule has 2 atom stereocenters. The van der Waals surface area contributed by atoms with Gasteiger partial charge in [0.25, 0.3) is 5.91 Å². The smallest absolute Gasteiger partial charge is 0.303 e. The molecule has 0 saturated carbocycles. The lowest BCUT2D eigenvalue weighted by atomic mass is 10.0. The van der Waals surface area contributed by atoms with Gasteiger partial charge in [-0.3, -0.25) is 9.20 Å². The third-order valence-corrected chi connectivity index (χ3v) is 8.44. The zero-order valence-corrected chi connectivity index (χ0v) is 22.3. The summed E-state index contributed by atoms with van der Waals surface area (Å²) in [6.45, 7) is 4.03. The molecular weight excluding hydrogens is 513 g/mol. The van der Waals surface area contributed by atoms with Gasteiger partial charge in [0, 0.05) is 38.3 Å². The summed E-state index contributed by atoms with van der Waals surface area (Å²) in [5.74, 6) is -0.459. The summed E-state index contributed by atoms with van der Waals surface area (Å²) in [6.07, 6.45) is 6.16. The monoisotopic (exact) mass is 545 g/mol. The number of aromatic nitrogens is 2. The third-order valence-electron chi connectivity index (χ3n) is 6.99. The van der Waals surface area contributed by atoms with Crippen LogP contribution in [0.25, 0.3) is 5.65 Å². The highest BCUT2D eigenvalue weighted by molar-refractivity contribution is 7.87. The number of pyridine rings is 1. The van der Waals surface area contributed by atoms with Gasteiger partial charge in [0.15, 0.2) is 0 Å². The number of imidazole rings is 1. The summed E-state index contributed by atoms with van der Waals surface area (Å²) >= 11 is 0. The summed E-state index contributed by atoms with van der Waals surface area (Å²) in [4.78, 5) is 19.4. The number of carbonyl (C=O) groups excluding carboxylic acids is 1. The molecule has 12 heteroatoms. The molecule has 0 bridgehead atoms. The van der Waals surface area contributed by atoms with Crippen LogP contribution in [0.4, 0.5) is 10.1 Å². The van der Waals surface area contributed by atoms with E-state index in [0.29, 0.717) is 31.0 Å². The number of rotatable bonds is 9.